The summed E-state index contributed by atoms with van der Waals surface area (Å²) < 4.78 is 0. The van der Waals surface area contributed by atoms with Gasteiger partial charge in [0.05, 0.1) is 5.39 Å². The molecule has 0 radical (unpaired) electrons. The van der Waals surface area contributed by atoms with Crippen LogP contribution in [0.25, 0.3) is 10.2 Å². The summed E-state index contributed by atoms with van der Waals surface area (Å²) in [5.41, 5.74) is 2.40. The van der Waals surface area contributed by atoms with Gasteiger partial charge in [-0.2, -0.15) is 0 Å². The zero-order valence-electron chi connectivity index (χ0n) is 13.8. The van der Waals surface area contributed by atoms with Crippen LogP contribution in [0, 0.1) is 0 Å². The highest BCUT2D eigenvalue weighted by molar-refractivity contribution is 7.99. The van der Waals surface area contributed by atoms with Gasteiger partial charge in [-0.1, -0.05) is 11.8 Å². The fourth-order valence-corrected chi connectivity index (χ4v) is 5.21. The number of thiophene rings is 1. The Morgan fingerprint density at radius 3 is 2.67 bits per heavy atom. The molecule has 0 saturated carbocycles. The number of aromatic amines is 1. The average molecular weight is 358 g/mol. The Hall–Kier alpha value is -1.79. The van der Waals surface area contributed by atoms with Crippen molar-refractivity contribution in [1.29, 1.82) is 0 Å². The van der Waals surface area contributed by atoms with Crippen molar-refractivity contribution >= 4 is 39.0 Å². The van der Waals surface area contributed by atoms with Crippen LogP contribution in [0.4, 0.5) is 5.69 Å². The van der Waals surface area contributed by atoms with Crippen molar-refractivity contribution in [2.45, 2.75) is 35.7 Å². The molecule has 0 spiro atoms. The summed E-state index contributed by atoms with van der Waals surface area (Å²) in [5.74, 6) is 0. The van der Waals surface area contributed by atoms with E-state index in [2.05, 4.69) is 34.1 Å². The number of benzene rings is 1. The van der Waals surface area contributed by atoms with Gasteiger partial charge in [-0.05, 0) is 55.5 Å². The highest BCUT2D eigenvalue weighted by atomic mass is 32.2. The number of hydrogen-bond acceptors (Lipinski definition) is 5. The molecule has 4 rings (SSSR count). The summed E-state index contributed by atoms with van der Waals surface area (Å²) in [5, 5.41) is 1.49. The van der Waals surface area contributed by atoms with Crippen LogP contribution in [0.15, 0.2) is 39.1 Å². The number of anilines is 1. The Balaban J connectivity index is 1.69. The molecule has 0 saturated heterocycles. The minimum absolute atomic E-state index is 0.00631. The van der Waals surface area contributed by atoms with E-state index in [1.54, 1.807) is 11.3 Å². The quantitative estimate of drug-likeness (QED) is 0.718. The van der Waals surface area contributed by atoms with E-state index in [0.717, 1.165) is 33.6 Å². The average Bonchev–Trinajstić information content (AvgIpc) is 2.94. The smallest absolute Gasteiger partial charge is 0.260 e. The summed E-state index contributed by atoms with van der Waals surface area (Å²) in [6, 6.07) is 8.26. The lowest BCUT2D eigenvalue weighted by molar-refractivity contribution is 0.700. The molecule has 0 unspecified atom stereocenters. The van der Waals surface area contributed by atoms with Crippen LogP contribution < -0.4 is 10.5 Å². The number of aromatic nitrogens is 2. The van der Waals surface area contributed by atoms with Gasteiger partial charge in [0.15, 0.2) is 5.16 Å². The molecule has 6 heteroatoms. The summed E-state index contributed by atoms with van der Waals surface area (Å²) in [7, 11) is 4.04. The highest BCUT2D eigenvalue weighted by Crippen LogP contribution is 2.35. The van der Waals surface area contributed by atoms with Crippen molar-refractivity contribution in [3.8, 4) is 0 Å². The molecule has 24 heavy (non-hydrogen) atoms. The minimum Gasteiger partial charge on any atom is -0.378 e. The van der Waals surface area contributed by atoms with E-state index in [4.69, 9.17) is 4.98 Å². The Kier molecular flexibility index (Phi) is 4.10. The lowest BCUT2D eigenvalue weighted by atomic mass is 9.97. The van der Waals surface area contributed by atoms with Crippen LogP contribution in [0.3, 0.4) is 0 Å². The molecule has 0 bridgehead atoms. The third kappa shape index (κ3) is 2.84. The molecule has 0 fully saturated rings. The Labute approximate surface area is 148 Å². The number of fused-ring (bicyclic) bond motifs is 3. The van der Waals surface area contributed by atoms with Gasteiger partial charge in [0.2, 0.25) is 0 Å². The summed E-state index contributed by atoms with van der Waals surface area (Å²) in [6.45, 7) is 0. The maximum atomic E-state index is 12.6. The van der Waals surface area contributed by atoms with Crippen molar-refractivity contribution < 1.29 is 0 Å². The standard InChI is InChI=1S/C18H19N3OS2/c1-21(2)11-7-9-12(10-8-11)23-18-19-16(22)15-13-5-3-4-6-14(13)24-17(15)20-18/h7-10H,3-6H2,1-2H3,(H,19,20,22). The Morgan fingerprint density at radius 1 is 1.17 bits per heavy atom. The van der Waals surface area contributed by atoms with E-state index in [1.165, 1.54) is 35.0 Å². The summed E-state index contributed by atoms with van der Waals surface area (Å²) in [6.07, 6.45) is 4.49. The van der Waals surface area contributed by atoms with Gasteiger partial charge in [-0.3, -0.25) is 4.79 Å². The number of rotatable bonds is 3. The van der Waals surface area contributed by atoms with Gasteiger partial charge in [0.25, 0.3) is 5.56 Å². The first-order chi connectivity index (χ1) is 11.6. The number of nitrogens with zero attached hydrogens (tertiary/aromatic N) is 2. The van der Waals surface area contributed by atoms with Crippen LogP contribution in [0.1, 0.15) is 23.3 Å². The topological polar surface area (TPSA) is 49.0 Å². The maximum absolute atomic E-state index is 12.6. The minimum atomic E-state index is 0.00631. The zero-order chi connectivity index (χ0) is 16.7. The van der Waals surface area contributed by atoms with E-state index >= 15 is 0 Å². The molecule has 1 N–H and O–H groups in total. The molecule has 1 aliphatic carbocycles. The number of aryl methyl sites for hydroxylation is 2. The number of hydrogen-bond donors (Lipinski definition) is 1. The normalized spacial score (nSPS) is 13.9. The first-order valence-corrected chi connectivity index (χ1v) is 9.75. The van der Waals surface area contributed by atoms with E-state index in [9.17, 15) is 4.79 Å². The molecule has 1 aromatic carbocycles. The Morgan fingerprint density at radius 2 is 1.92 bits per heavy atom. The van der Waals surface area contributed by atoms with Gasteiger partial charge in [-0.25, -0.2) is 4.98 Å². The predicted octanol–water partition coefficient (Wildman–Crippen LogP) is 4.08. The molecule has 2 heterocycles. The molecular formula is C18H19N3OS2. The highest BCUT2D eigenvalue weighted by Gasteiger charge is 2.19. The first kappa shape index (κ1) is 15.7. The largest absolute Gasteiger partial charge is 0.378 e. The van der Waals surface area contributed by atoms with Crippen LogP contribution in [-0.2, 0) is 12.8 Å². The molecule has 0 amide bonds. The predicted molar refractivity (Wildman–Crippen MR) is 102 cm³/mol. The van der Waals surface area contributed by atoms with Crippen LogP contribution in [0.2, 0.25) is 0 Å². The van der Waals surface area contributed by atoms with E-state index < -0.39 is 0 Å². The van der Waals surface area contributed by atoms with E-state index in [-0.39, 0.29) is 5.56 Å². The molecule has 124 valence electrons. The summed E-state index contributed by atoms with van der Waals surface area (Å²) >= 11 is 3.20. The van der Waals surface area contributed by atoms with Crippen LogP contribution >= 0.6 is 23.1 Å². The van der Waals surface area contributed by atoms with Crippen molar-refractivity contribution in [2.24, 2.45) is 0 Å². The fourth-order valence-electron chi connectivity index (χ4n) is 3.12. The van der Waals surface area contributed by atoms with Gasteiger partial charge in [0.1, 0.15) is 4.83 Å². The molecule has 2 aromatic heterocycles. The number of nitrogens with one attached hydrogen (secondary N) is 1. The monoisotopic (exact) mass is 357 g/mol. The van der Waals surface area contributed by atoms with E-state index in [0.29, 0.717) is 5.16 Å². The van der Waals surface area contributed by atoms with Gasteiger partial charge < -0.3 is 9.88 Å². The molecular weight excluding hydrogens is 338 g/mol. The van der Waals surface area contributed by atoms with E-state index in [1.807, 2.05) is 14.1 Å². The van der Waals surface area contributed by atoms with Gasteiger partial charge in [-0.15, -0.1) is 11.3 Å². The fraction of sp³-hybridized carbons (Fsp3) is 0.333. The van der Waals surface area contributed by atoms with Crippen molar-refractivity contribution in [3.63, 3.8) is 0 Å². The first-order valence-electron chi connectivity index (χ1n) is 8.11. The zero-order valence-corrected chi connectivity index (χ0v) is 15.4. The lowest BCUT2D eigenvalue weighted by Crippen LogP contribution is -2.10. The maximum Gasteiger partial charge on any atom is 0.260 e. The summed E-state index contributed by atoms with van der Waals surface area (Å²) in [4.78, 5) is 25.6. The molecule has 0 atom stereocenters. The van der Waals surface area contributed by atoms with Crippen LogP contribution in [0.5, 0.6) is 0 Å². The number of H-pyrrole nitrogens is 1. The molecule has 4 nitrogen and oxygen atoms in total. The second kappa shape index (κ2) is 6.26. The lowest BCUT2D eigenvalue weighted by Gasteiger charge is -2.12. The molecule has 0 aliphatic heterocycles. The van der Waals surface area contributed by atoms with Crippen molar-refractivity contribution in [2.75, 3.05) is 19.0 Å². The third-order valence-electron chi connectivity index (χ3n) is 4.37. The second-order valence-electron chi connectivity index (χ2n) is 6.25. The SMILES string of the molecule is CN(C)c1ccc(Sc2nc3sc4c(c3c(=O)[nH]2)CCCC4)cc1. The van der Waals surface area contributed by atoms with Gasteiger partial charge >= 0.3 is 0 Å². The molecule has 1 aliphatic rings. The second-order valence-corrected chi connectivity index (χ2v) is 8.40. The van der Waals surface area contributed by atoms with Crippen molar-refractivity contribution in [1.82, 2.24) is 9.97 Å². The van der Waals surface area contributed by atoms with Crippen molar-refractivity contribution in [3.05, 3.63) is 45.1 Å². The molecule has 3 aromatic rings. The van der Waals surface area contributed by atoms with Gasteiger partial charge in [0, 0.05) is 29.6 Å². The van der Waals surface area contributed by atoms with Crippen LogP contribution in [-0.4, -0.2) is 24.1 Å². The third-order valence-corrected chi connectivity index (χ3v) is 6.45. The Bertz CT molecular complexity index is 941.